The summed E-state index contributed by atoms with van der Waals surface area (Å²) < 4.78 is 4.77. The minimum absolute atomic E-state index is 0.155. The first-order valence-corrected chi connectivity index (χ1v) is 6.32. The average molecular weight is 248 g/mol. The normalized spacial score (nSPS) is 23.8. The van der Waals surface area contributed by atoms with Crippen molar-refractivity contribution in [1.29, 1.82) is 0 Å². The standard InChI is InChI=1S/C14H20N2O2/c1-11-10-16(12-6-4-3-5-7-12)13(9-15-11)8-14(17)18-2/h3-7,11,13,15H,8-10H2,1-2H3. The predicted molar refractivity (Wildman–Crippen MR) is 71.7 cm³/mol. The number of benzene rings is 1. The van der Waals surface area contributed by atoms with E-state index in [2.05, 4.69) is 29.3 Å². The van der Waals surface area contributed by atoms with Crippen molar-refractivity contribution in [3.8, 4) is 0 Å². The van der Waals surface area contributed by atoms with E-state index in [0.717, 1.165) is 13.1 Å². The molecule has 1 aromatic carbocycles. The summed E-state index contributed by atoms with van der Waals surface area (Å²) in [7, 11) is 1.44. The Hall–Kier alpha value is -1.55. The maximum Gasteiger partial charge on any atom is 0.307 e. The summed E-state index contributed by atoms with van der Waals surface area (Å²) in [6.45, 7) is 3.88. The van der Waals surface area contributed by atoms with E-state index >= 15 is 0 Å². The zero-order chi connectivity index (χ0) is 13.0. The lowest BCUT2D eigenvalue weighted by Gasteiger charge is -2.40. The smallest absolute Gasteiger partial charge is 0.307 e. The van der Waals surface area contributed by atoms with Crippen LogP contribution in [0.4, 0.5) is 5.69 Å². The maximum atomic E-state index is 11.5. The number of piperazine rings is 1. The first kappa shape index (κ1) is 12.9. The zero-order valence-electron chi connectivity index (χ0n) is 10.9. The van der Waals surface area contributed by atoms with Gasteiger partial charge in [0.1, 0.15) is 0 Å². The Labute approximate surface area is 108 Å². The number of ether oxygens (including phenoxy) is 1. The van der Waals surface area contributed by atoms with Crippen LogP contribution in [0.5, 0.6) is 0 Å². The highest BCUT2D eigenvalue weighted by atomic mass is 16.5. The van der Waals surface area contributed by atoms with Crippen molar-refractivity contribution in [1.82, 2.24) is 5.32 Å². The van der Waals surface area contributed by atoms with E-state index in [9.17, 15) is 4.79 Å². The van der Waals surface area contributed by atoms with E-state index in [1.807, 2.05) is 18.2 Å². The van der Waals surface area contributed by atoms with Gasteiger partial charge in [-0.25, -0.2) is 0 Å². The molecule has 4 nitrogen and oxygen atoms in total. The summed E-state index contributed by atoms with van der Waals surface area (Å²) in [5.74, 6) is -0.155. The fourth-order valence-electron chi connectivity index (χ4n) is 2.35. The second-order valence-corrected chi connectivity index (χ2v) is 4.73. The van der Waals surface area contributed by atoms with Crippen LogP contribution in [-0.4, -0.2) is 38.3 Å². The van der Waals surface area contributed by atoms with E-state index in [1.54, 1.807) is 0 Å². The predicted octanol–water partition coefficient (Wildman–Crippen LogP) is 1.42. The van der Waals surface area contributed by atoms with E-state index in [4.69, 9.17) is 4.74 Å². The molecule has 1 saturated heterocycles. The third-order valence-corrected chi connectivity index (χ3v) is 3.33. The molecule has 0 radical (unpaired) electrons. The number of carbonyl (C=O) groups is 1. The van der Waals surface area contributed by atoms with Crippen molar-refractivity contribution in [3.05, 3.63) is 30.3 Å². The van der Waals surface area contributed by atoms with Gasteiger partial charge >= 0.3 is 5.97 Å². The molecule has 1 aromatic rings. The van der Waals surface area contributed by atoms with E-state index in [1.165, 1.54) is 12.8 Å². The van der Waals surface area contributed by atoms with Gasteiger partial charge in [0.05, 0.1) is 19.6 Å². The van der Waals surface area contributed by atoms with Gasteiger partial charge in [-0.15, -0.1) is 0 Å². The second kappa shape index (κ2) is 5.87. The molecule has 0 bridgehead atoms. The Morgan fingerprint density at radius 2 is 2.17 bits per heavy atom. The van der Waals surface area contributed by atoms with Gasteiger partial charge in [0.15, 0.2) is 0 Å². The van der Waals surface area contributed by atoms with Gasteiger partial charge in [-0.3, -0.25) is 4.79 Å². The SMILES string of the molecule is COC(=O)CC1CNC(C)CN1c1ccccc1. The maximum absolute atomic E-state index is 11.5. The molecule has 98 valence electrons. The fourth-order valence-corrected chi connectivity index (χ4v) is 2.35. The summed E-state index contributed by atoms with van der Waals surface area (Å²) in [6.07, 6.45) is 0.422. The molecule has 1 fully saturated rings. The summed E-state index contributed by atoms with van der Waals surface area (Å²) in [4.78, 5) is 13.8. The quantitative estimate of drug-likeness (QED) is 0.821. The number of carbonyl (C=O) groups excluding carboxylic acids is 1. The number of para-hydroxylation sites is 1. The molecule has 0 aromatic heterocycles. The molecule has 0 amide bonds. The van der Waals surface area contributed by atoms with E-state index in [-0.39, 0.29) is 12.0 Å². The highest BCUT2D eigenvalue weighted by Gasteiger charge is 2.27. The summed E-state index contributed by atoms with van der Waals surface area (Å²) in [5, 5.41) is 3.41. The number of esters is 1. The molecule has 4 heteroatoms. The largest absolute Gasteiger partial charge is 0.469 e. The van der Waals surface area contributed by atoms with E-state index in [0.29, 0.717) is 12.5 Å². The number of rotatable bonds is 3. The van der Waals surface area contributed by atoms with Crippen LogP contribution in [0.1, 0.15) is 13.3 Å². The molecule has 1 heterocycles. The van der Waals surface area contributed by atoms with Crippen LogP contribution >= 0.6 is 0 Å². The Morgan fingerprint density at radius 1 is 1.44 bits per heavy atom. The lowest BCUT2D eigenvalue weighted by atomic mass is 10.1. The van der Waals surface area contributed by atoms with Crippen LogP contribution in [0.3, 0.4) is 0 Å². The van der Waals surface area contributed by atoms with Crippen LogP contribution < -0.4 is 10.2 Å². The monoisotopic (exact) mass is 248 g/mol. The molecule has 0 saturated carbocycles. The molecule has 2 atom stereocenters. The average Bonchev–Trinajstić information content (AvgIpc) is 2.41. The molecular weight excluding hydrogens is 228 g/mol. The van der Waals surface area contributed by atoms with Gasteiger partial charge in [-0.05, 0) is 19.1 Å². The first-order valence-electron chi connectivity index (χ1n) is 6.32. The van der Waals surface area contributed by atoms with Gasteiger partial charge in [-0.2, -0.15) is 0 Å². The summed E-state index contributed by atoms with van der Waals surface area (Å²) in [5.41, 5.74) is 1.17. The number of hydrogen-bond acceptors (Lipinski definition) is 4. The lowest BCUT2D eigenvalue weighted by molar-refractivity contribution is -0.141. The van der Waals surface area contributed by atoms with E-state index < -0.39 is 0 Å². The topological polar surface area (TPSA) is 41.6 Å². The van der Waals surface area contributed by atoms with Crippen molar-refractivity contribution in [2.75, 3.05) is 25.1 Å². The third kappa shape index (κ3) is 3.01. The lowest BCUT2D eigenvalue weighted by Crippen LogP contribution is -2.56. The molecule has 0 spiro atoms. The van der Waals surface area contributed by atoms with Gasteiger partial charge in [-0.1, -0.05) is 18.2 Å². The molecule has 1 N–H and O–H groups in total. The summed E-state index contributed by atoms with van der Waals surface area (Å²) in [6, 6.07) is 10.8. The summed E-state index contributed by atoms with van der Waals surface area (Å²) >= 11 is 0. The van der Waals surface area contributed by atoms with Crippen molar-refractivity contribution in [3.63, 3.8) is 0 Å². The molecule has 1 aliphatic rings. The number of hydrogen-bond donors (Lipinski definition) is 1. The minimum Gasteiger partial charge on any atom is -0.469 e. The van der Waals surface area contributed by atoms with Crippen LogP contribution in [-0.2, 0) is 9.53 Å². The van der Waals surface area contributed by atoms with Gasteiger partial charge in [0.25, 0.3) is 0 Å². The number of methoxy groups -OCH3 is 1. The minimum atomic E-state index is -0.155. The Kier molecular flexibility index (Phi) is 4.20. The highest BCUT2D eigenvalue weighted by Crippen LogP contribution is 2.21. The Morgan fingerprint density at radius 3 is 2.83 bits per heavy atom. The van der Waals surface area contributed by atoms with Gasteiger partial charge in [0, 0.05) is 24.8 Å². The first-order chi connectivity index (χ1) is 8.70. The van der Waals surface area contributed by atoms with Crippen molar-refractivity contribution in [2.45, 2.75) is 25.4 Å². The van der Waals surface area contributed by atoms with Crippen LogP contribution in [0.25, 0.3) is 0 Å². The third-order valence-electron chi connectivity index (χ3n) is 3.33. The second-order valence-electron chi connectivity index (χ2n) is 4.73. The van der Waals surface area contributed by atoms with Crippen LogP contribution in [0.15, 0.2) is 30.3 Å². The molecule has 0 aliphatic carbocycles. The van der Waals surface area contributed by atoms with Crippen molar-refractivity contribution >= 4 is 11.7 Å². The molecule has 2 unspecified atom stereocenters. The molecule has 18 heavy (non-hydrogen) atoms. The zero-order valence-corrected chi connectivity index (χ0v) is 10.9. The van der Waals surface area contributed by atoms with Crippen molar-refractivity contribution in [2.24, 2.45) is 0 Å². The Balaban J connectivity index is 2.13. The Bertz CT molecular complexity index is 394. The number of anilines is 1. The molecule has 2 rings (SSSR count). The molecule has 1 aliphatic heterocycles. The van der Waals surface area contributed by atoms with Gasteiger partial charge < -0.3 is 15.0 Å². The van der Waals surface area contributed by atoms with Gasteiger partial charge in [0.2, 0.25) is 0 Å². The van der Waals surface area contributed by atoms with Crippen molar-refractivity contribution < 1.29 is 9.53 Å². The highest BCUT2D eigenvalue weighted by molar-refractivity contribution is 5.71. The molecular formula is C14H20N2O2. The van der Waals surface area contributed by atoms with Crippen LogP contribution in [0, 0.1) is 0 Å². The number of nitrogens with zero attached hydrogens (tertiary/aromatic N) is 1. The number of nitrogens with one attached hydrogen (secondary N) is 1. The van der Waals surface area contributed by atoms with Crippen LogP contribution in [0.2, 0.25) is 0 Å². The fraction of sp³-hybridized carbons (Fsp3) is 0.500.